The number of hydrogen-bond acceptors (Lipinski definition) is 3. The number of carbonyl (C=O) groups excluding carboxylic acids is 1. The van der Waals surface area contributed by atoms with Crippen molar-refractivity contribution < 1.29 is 18.0 Å². The Bertz CT molecular complexity index is 787. The van der Waals surface area contributed by atoms with Gasteiger partial charge in [-0.25, -0.2) is 4.98 Å². The van der Waals surface area contributed by atoms with Crippen LogP contribution in [0.2, 0.25) is 0 Å². The molecule has 1 amide bonds. The second-order valence-corrected chi connectivity index (χ2v) is 6.71. The van der Waals surface area contributed by atoms with Crippen molar-refractivity contribution >= 4 is 5.91 Å². The summed E-state index contributed by atoms with van der Waals surface area (Å²) >= 11 is 0. The maximum atomic E-state index is 12.7. The minimum absolute atomic E-state index is 0.0420. The molecule has 1 unspecified atom stereocenters. The van der Waals surface area contributed by atoms with Gasteiger partial charge in [0.15, 0.2) is 0 Å². The molecule has 1 N–H and O–H groups in total. The molecule has 1 aliphatic rings. The van der Waals surface area contributed by atoms with E-state index in [2.05, 4.69) is 15.2 Å². The molecule has 1 atom stereocenters. The molecule has 4 nitrogen and oxygen atoms in total. The van der Waals surface area contributed by atoms with Crippen molar-refractivity contribution in [3.8, 4) is 0 Å². The van der Waals surface area contributed by atoms with Crippen LogP contribution in [0.25, 0.3) is 0 Å². The van der Waals surface area contributed by atoms with E-state index in [4.69, 9.17) is 0 Å². The van der Waals surface area contributed by atoms with Crippen LogP contribution in [-0.4, -0.2) is 35.4 Å². The Kier molecular flexibility index (Phi) is 5.79. The highest BCUT2D eigenvalue weighted by molar-refractivity contribution is 5.95. The summed E-state index contributed by atoms with van der Waals surface area (Å²) in [5, 5.41) is 2.87. The molecular weight excluding hydrogens is 355 g/mol. The van der Waals surface area contributed by atoms with Crippen LogP contribution in [0.4, 0.5) is 13.2 Å². The molecule has 0 spiro atoms. The second-order valence-electron chi connectivity index (χ2n) is 6.71. The molecule has 144 valence electrons. The molecule has 1 aromatic heterocycles. The van der Waals surface area contributed by atoms with Crippen LogP contribution in [0.3, 0.4) is 0 Å². The Balaban J connectivity index is 1.73. The highest BCUT2D eigenvalue weighted by Gasteiger charge is 2.33. The second kappa shape index (κ2) is 8.08. The molecule has 2 heterocycles. The molecule has 0 bridgehead atoms. The van der Waals surface area contributed by atoms with Gasteiger partial charge in [0.2, 0.25) is 0 Å². The molecule has 1 saturated heterocycles. The normalized spacial score (nSPS) is 16.3. The van der Waals surface area contributed by atoms with E-state index in [1.165, 1.54) is 13.0 Å². The first kappa shape index (κ1) is 19.4. The Labute approximate surface area is 156 Å². The fraction of sp³-hybridized carbons (Fsp3) is 0.400. The lowest BCUT2D eigenvalue weighted by molar-refractivity contribution is -0.141. The van der Waals surface area contributed by atoms with Gasteiger partial charge in [-0.2, -0.15) is 13.2 Å². The fourth-order valence-electron chi connectivity index (χ4n) is 3.43. The molecular formula is C20H22F3N3O. The molecule has 0 saturated carbocycles. The lowest BCUT2D eigenvalue weighted by atomic mass is 10.1. The summed E-state index contributed by atoms with van der Waals surface area (Å²) in [5.41, 5.74) is 0.355. The van der Waals surface area contributed by atoms with Gasteiger partial charge in [0, 0.05) is 6.54 Å². The minimum atomic E-state index is -4.52. The number of likely N-dealkylation sites (tertiary alicyclic amines) is 1. The number of rotatable bonds is 5. The molecule has 0 aliphatic carbocycles. The van der Waals surface area contributed by atoms with Gasteiger partial charge < -0.3 is 5.32 Å². The first-order valence-corrected chi connectivity index (χ1v) is 8.98. The van der Waals surface area contributed by atoms with E-state index in [9.17, 15) is 18.0 Å². The zero-order valence-corrected chi connectivity index (χ0v) is 15.1. The molecule has 2 aromatic rings. The molecule has 1 aliphatic heterocycles. The number of nitrogens with one attached hydrogen (secondary N) is 1. The number of alkyl halides is 3. The molecule has 0 radical (unpaired) electrons. The van der Waals surface area contributed by atoms with Crippen molar-refractivity contribution in [2.75, 3.05) is 19.6 Å². The number of pyridine rings is 1. The van der Waals surface area contributed by atoms with Crippen LogP contribution in [0.1, 0.15) is 46.2 Å². The van der Waals surface area contributed by atoms with E-state index in [0.717, 1.165) is 37.6 Å². The third-order valence-corrected chi connectivity index (χ3v) is 4.84. The predicted octanol–water partition coefficient (Wildman–Crippen LogP) is 3.98. The van der Waals surface area contributed by atoms with Crippen LogP contribution in [0, 0.1) is 6.92 Å². The quantitative estimate of drug-likeness (QED) is 0.857. The van der Waals surface area contributed by atoms with Crippen molar-refractivity contribution in [2.24, 2.45) is 0 Å². The van der Waals surface area contributed by atoms with Crippen LogP contribution >= 0.6 is 0 Å². The van der Waals surface area contributed by atoms with Gasteiger partial charge in [-0.1, -0.05) is 30.3 Å². The number of halogens is 3. The van der Waals surface area contributed by atoms with Crippen LogP contribution in [0.15, 0.2) is 42.5 Å². The van der Waals surface area contributed by atoms with Crippen molar-refractivity contribution in [1.29, 1.82) is 0 Å². The first-order valence-electron chi connectivity index (χ1n) is 8.98. The van der Waals surface area contributed by atoms with Gasteiger partial charge in [-0.3, -0.25) is 9.69 Å². The standard InChI is InChI=1S/C20H22F3N3O/c1-14-16(9-10-18(25-14)20(21,22)23)19(27)24-13-17(26-11-5-6-12-26)15-7-3-2-4-8-15/h2-4,7-10,17H,5-6,11-13H2,1H3,(H,24,27). The topological polar surface area (TPSA) is 45.2 Å². The van der Waals surface area contributed by atoms with Gasteiger partial charge in [-0.15, -0.1) is 0 Å². The zero-order valence-electron chi connectivity index (χ0n) is 15.1. The van der Waals surface area contributed by atoms with Crippen molar-refractivity contribution in [2.45, 2.75) is 32.0 Å². The number of amides is 1. The van der Waals surface area contributed by atoms with Crippen molar-refractivity contribution in [1.82, 2.24) is 15.2 Å². The average molecular weight is 377 g/mol. The summed E-state index contributed by atoms with van der Waals surface area (Å²) in [6, 6.07) is 12.0. The smallest absolute Gasteiger partial charge is 0.350 e. The molecule has 27 heavy (non-hydrogen) atoms. The highest BCUT2D eigenvalue weighted by Crippen LogP contribution is 2.28. The number of aryl methyl sites for hydroxylation is 1. The molecule has 3 rings (SSSR count). The van der Waals surface area contributed by atoms with Crippen molar-refractivity contribution in [3.05, 3.63) is 65.0 Å². The number of aromatic nitrogens is 1. The van der Waals surface area contributed by atoms with Crippen LogP contribution < -0.4 is 5.32 Å². The minimum Gasteiger partial charge on any atom is -0.350 e. The Hall–Kier alpha value is -2.41. The van der Waals surface area contributed by atoms with E-state index in [1.54, 1.807) is 0 Å². The fourth-order valence-corrected chi connectivity index (χ4v) is 3.43. The maximum Gasteiger partial charge on any atom is 0.433 e. The summed E-state index contributed by atoms with van der Waals surface area (Å²) in [5.74, 6) is -0.408. The van der Waals surface area contributed by atoms with E-state index in [0.29, 0.717) is 6.54 Å². The van der Waals surface area contributed by atoms with Crippen LogP contribution in [0.5, 0.6) is 0 Å². The van der Waals surface area contributed by atoms with Gasteiger partial charge in [0.05, 0.1) is 17.3 Å². The van der Waals surface area contributed by atoms with Gasteiger partial charge >= 0.3 is 6.18 Å². The van der Waals surface area contributed by atoms with Crippen molar-refractivity contribution in [3.63, 3.8) is 0 Å². The summed E-state index contributed by atoms with van der Waals surface area (Å²) in [6.45, 7) is 3.75. The summed E-state index contributed by atoms with van der Waals surface area (Å²) in [6.07, 6.45) is -2.27. The number of benzene rings is 1. The first-order chi connectivity index (χ1) is 12.9. The summed E-state index contributed by atoms with van der Waals surface area (Å²) in [4.78, 5) is 18.4. The monoisotopic (exact) mass is 377 g/mol. The predicted molar refractivity (Wildman–Crippen MR) is 96.3 cm³/mol. The largest absolute Gasteiger partial charge is 0.433 e. The van der Waals surface area contributed by atoms with Gasteiger partial charge in [0.25, 0.3) is 5.91 Å². The van der Waals surface area contributed by atoms with E-state index in [-0.39, 0.29) is 17.3 Å². The lowest BCUT2D eigenvalue weighted by Gasteiger charge is -2.28. The Morgan fingerprint density at radius 1 is 1.15 bits per heavy atom. The van der Waals surface area contributed by atoms with Gasteiger partial charge in [-0.05, 0) is 50.6 Å². The number of hydrogen-bond donors (Lipinski definition) is 1. The van der Waals surface area contributed by atoms with E-state index >= 15 is 0 Å². The molecule has 7 heteroatoms. The van der Waals surface area contributed by atoms with Crippen LogP contribution in [-0.2, 0) is 6.18 Å². The average Bonchev–Trinajstić information content (AvgIpc) is 3.16. The maximum absolute atomic E-state index is 12.7. The summed E-state index contributed by atoms with van der Waals surface area (Å²) in [7, 11) is 0. The third-order valence-electron chi connectivity index (χ3n) is 4.84. The third kappa shape index (κ3) is 4.66. The Morgan fingerprint density at radius 2 is 1.81 bits per heavy atom. The van der Waals surface area contributed by atoms with E-state index < -0.39 is 17.8 Å². The van der Waals surface area contributed by atoms with Gasteiger partial charge in [0.1, 0.15) is 5.69 Å². The summed E-state index contributed by atoms with van der Waals surface area (Å²) < 4.78 is 38.2. The SMILES string of the molecule is Cc1nc(C(F)(F)F)ccc1C(=O)NCC(c1ccccc1)N1CCCC1. The molecule has 1 aromatic carbocycles. The number of carbonyl (C=O) groups is 1. The zero-order chi connectivity index (χ0) is 19.4. The van der Waals surface area contributed by atoms with E-state index in [1.807, 2.05) is 30.3 Å². The lowest BCUT2D eigenvalue weighted by Crippen LogP contribution is -2.37. The Morgan fingerprint density at radius 3 is 2.41 bits per heavy atom. The molecule has 1 fully saturated rings. The highest BCUT2D eigenvalue weighted by atomic mass is 19.4. The number of nitrogens with zero attached hydrogens (tertiary/aromatic N) is 2.